The van der Waals surface area contributed by atoms with Crippen molar-refractivity contribution in [1.82, 2.24) is 4.90 Å². The van der Waals surface area contributed by atoms with E-state index in [4.69, 9.17) is 4.74 Å². The number of carbonyl (C=O) groups excluding carboxylic acids is 1. The SMILES string of the molecule is CC(C)OCCC(=O)N(C)CC(O)C1CC1. The molecule has 0 aromatic rings. The van der Waals surface area contributed by atoms with Gasteiger partial charge in [-0.25, -0.2) is 0 Å². The summed E-state index contributed by atoms with van der Waals surface area (Å²) in [5, 5.41) is 9.70. The molecule has 4 nitrogen and oxygen atoms in total. The standard InChI is InChI=1S/C12H23NO3/c1-9(2)16-7-6-12(15)13(3)8-11(14)10-4-5-10/h9-11,14H,4-8H2,1-3H3. The van der Waals surface area contributed by atoms with Crippen LogP contribution in [0.1, 0.15) is 33.1 Å². The lowest BCUT2D eigenvalue weighted by atomic mass is 10.2. The third-order valence-electron chi connectivity index (χ3n) is 2.82. The smallest absolute Gasteiger partial charge is 0.224 e. The summed E-state index contributed by atoms with van der Waals surface area (Å²) >= 11 is 0. The van der Waals surface area contributed by atoms with Crippen LogP contribution in [0.2, 0.25) is 0 Å². The number of amides is 1. The molecular formula is C12H23NO3. The lowest BCUT2D eigenvalue weighted by molar-refractivity contribution is -0.132. The number of rotatable bonds is 7. The molecule has 1 atom stereocenters. The molecule has 4 heteroatoms. The summed E-state index contributed by atoms with van der Waals surface area (Å²) in [4.78, 5) is 13.2. The van der Waals surface area contributed by atoms with Crippen molar-refractivity contribution < 1.29 is 14.6 Å². The molecule has 16 heavy (non-hydrogen) atoms. The van der Waals surface area contributed by atoms with Crippen molar-refractivity contribution in [2.75, 3.05) is 20.2 Å². The van der Waals surface area contributed by atoms with Gasteiger partial charge in [-0.1, -0.05) is 0 Å². The van der Waals surface area contributed by atoms with Gasteiger partial charge in [0, 0.05) is 13.6 Å². The van der Waals surface area contributed by atoms with Crippen molar-refractivity contribution in [3.05, 3.63) is 0 Å². The maximum absolute atomic E-state index is 11.6. The number of nitrogens with zero attached hydrogens (tertiary/aromatic N) is 1. The van der Waals surface area contributed by atoms with Crippen LogP contribution in [0.4, 0.5) is 0 Å². The number of likely N-dealkylation sites (N-methyl/N-ethyl adjacent to an activating group) is 1. The van der Waals surface area contributed by atoms with Gasteiger partial charge in [0.05, 0.1) is 25.2 Å². The lowest BCUT2D eigenvalue weighted by Gasteiger charge is -2.21. The van der Waals surface area contributed by atoms with Crippen LogP contribution in [0.25, 0.3) is 0 Å². The highest BCUT2D eigenvalue weighted by Gasteiger charge is 2.30. The highest BCUT2D eigenvalue weighted by atomic mass is 16.5. The van der Waals surface area contributed by atoms with E-state index in [1.54, 1.807) is 11.9 Å². The molecule has 0 radical (unpaired) electrons. The first kappa shape index (κ1) is 13.5. The van der Waals surface area contributed by atoms with Gasteiger partial charge in [-0.3, -0.25) is 4.79 Å². The second-order valence-corrected chi connectivity index (χ2v) is 4.85. The number of ether oxygens (including phenoxy) is 1. The van der Waals surface area contributed by atoms with Gasteiger partial charge in [0.25, 0.3) is 0 Å². The van der Waals surface area contributed by atoms with Crippen molar-refractivity contribution in [1.29, 1.82) is 0 Å². The highest BCUT2D eigenvalue weighted by Crippen LogP contribution is 2.32. The summed E-state index contributed by atoms with van der Waals surface area (Å²) in [5.41, 5.74) is 0. The first-order valence-corrected chi connectivity index (χ1v) is 6.04. The Bertz CT molecular complexity index is 226. The summed E-state index contributed by atoms with van der Waals surface area (Å²) in [6.07, 6.45) is 2.40. The zero-order valence-electron chi connectivity index (χ0n) is 10.5. The van der Waals surface area contributed by atoms with Crippen LogP contribution in [0.3, 0.4) is 0 Å². The fourth-order valence-electron chi connectivity index (χ4n) is 1.59. The average Bonchev–Trinajstić information content (AvgIpc) is 2.99. The summed E-state index contributed by atoms with van der Waals surface area (Å²) < 4.78 is 5.32. The fraction of sp³-hybridized carbons (Fsp3) is 0.917. The molecule has 1 aliphatic carbocycles. The van der Waals surface area contributed by atoms with E-state index in [1.807, 2.05) is 13.8 Å². The zero-order valence-corrected chi connectivity index (χ0v) is 10.5. The van der Waals surface area contributed by atoms with Crippen LogP contribution in [-0.4, -0.2) is 48.3 Å². The number of aliphatic hydroxyl groups is 1. The minimum Gasteiger partial charge on any atom is -0.391 e. The highest BCUT2D eigenvalue weighted by molar-refractivity contribution is 5.75. The zero-order chi connectivity index (χ0) is 12.1. The third kappa shape index (κ3) is 4.94. The predicted octanol–water partition coefficient (Wildman–Crippen LogP) is 1.03. The van der Waals surface area contributed by atoms with E-state index in [2.05, 4.69) is 0 Å². The summed E-state index contributed by atoms with van der Waals surface area (Å²) in [5.74, 6) is 0.461. The molecule has 0 aromatic carbocycles. The van der Waals surface area contributed by atoms with Gasteiger partial charge in [-0.15, -0.1) is 0 Å². The average molecular weight is 229 g/mol. The third-order valence-corrected chi connectivity index (χ3v) is 2.82. The lowest BCUT2D eigenvalue weighted by Crippen LogP contribution is -2.35. The minimum absolute atomic E-state index is 0.0420. The van der Waals surface area contributed by atoms with Crippen LogP contribution >= 0.6 is 0 Å². The van der Waals surface area contributed by atoms with Gasteiger partial charge >= 0.3 is 0 Å². The largest absolute Gasteiger partial charge is 0.391 e. The van der Waals surface area contributed by atoms with Crippen molar-refractivity contribution in [3.8, 4) is 0 Å². The van der Waals surface area contributed by atoms with E-state index in [1.165, 1.54) is 0 Å². The molecule has 1 rings (SSSR count). The van der Waals surface area contributed by atoms with Crippen molar-refractivity contribution in [2.24, 2.45) is 5.92 Å². The second-order valence-electron chi connectivity index (χ2n) is 4.85. The molecule has 0 bridgehead atoms. The Kier molecular flexibility index (Phi) is 5.22. The Morgan fingerprint density at radius 1 is 1.50 bits per heavy atom. The van der Waals surface area contributed by atoms with Gasteiger partial charge in [-0.05, 0) is 32.6 Å². The Hall–Kier alpha value is -0.610. The summed E-state index contributed by atoms with van der Waals surface area (Å²) in [7, 11) is 1.74. The van der Waals surface area contributed by atoms with Crippen LogP contribution < -0.4 is 0 Å². The predicted molar refractivity (Wildman–Crippen MR) is 62.1 cm³/mol. The molecule has 0 heterocycles. The molecule has 94 valence electrons. The monoisotopic (exact) mass is 229 g/mol. The normalized spacial score (nSPS) is 17.6. The molecule has 0 saturated heterocycles. The van der Waals surface area contributed by atoms with E-state index >= 15 is 0 Å². The maximum atomic E-state index is 11.6. The first-order chi connectivity index (χ1) is 7.50. The molecule has 1 N–H and O–H groups in total. The quantitative estimate of drug-likeness (QED) is 0.709. The van der Waals surface area contributed by atoms with E-state index in [0.717, 1.165) is 12.8 Å². The van der Waals surface area contributed by atoms with Crippen molar-refractivity contribution >= 4 is 5.91 Å². The molecule has 1 fully saturated rings. The molecule has 1 amide bonds. The molecule has 1 saturated carbocycles. The van der Waals surface area contributed by atoms with Crippen LogP contribution in [0, 0.1) is 5.92 Å². The number of carbonyl (C=O) groups is 1. The molecule has 0 spiro atoms. The first-order valence-electron chi connectivity index (χ1n) is 6.04. The molecule has 0 aliphatic heterocycles. The molecule has 1 unspecified atom stereocenters. The van der Waals surface area contributed by atoms with Gasteiger partial charge < -0.3 is 14.7 Å². The fourth-order valence-corrected chi connectivity index (χ4v) is 1.59. The summed E-state index contributed by atoms with van der Waals surface area (Å²) in [6, 6.07) is 0. The van der Waals surface area contributed by atoms with Crippen LogP contribution in [-0.2, 0) is 9.53 Å². The number of aliphatic hydroxyl groups excluding tert-OH is 1. The number of hydrogen-bond donors (Lipinski definition) is 1. The van der Waals surface area contributed by atoms with E-state index in [9.17, 15) is 9.90 Å². The summed E-state index contributed by atoms with van der Waals surface area (Å²) in [6.45, 7) is 4.81. The topological polar surface area (TPSA) is 49.8 Å². The van der Waals surface area contributed by atoms with Crippen LogP contribution in [0.15, 0.2) is 0 Å². The Balaban J connectivity index is 2.14. The number of hydrogen-bond acceptors (Lipinski definition) is 3. The molecule has 1 aliphatic rings. The van der Waals surface area contributed by atoms with E-state index in [0.29, 0.717) is 25.5 Å². The van der Waals surface area contributed by atoms with Crippen molar-refractivity contribution in [3.63, 3.8) is 0 Å². The van der Waals surface area contributed by atoms with Gasteiger partial charge in [0.2, 0.25) is 5.91 Å². The molecule has 0 aromatic heterocycles. The maximum Gasteiger partial charge on any atom is 0.224 e. The van der Waals surface area contributed by atoms with E-state index < -0.39 is 0 Å². The Morgan fingerprint density at radius 3 is 2.62 bits per heavy atom. The van der Waals surface area contributed by atoms with Gasteiger partial charge in [0.1, 0.15) is 0 Å². The van der Waals surface area contributed by atoms with Crippen molar-refractivity contribution in [2.45, 2.75) is 45.3 Å². The van der Waals surface area contributed by atoms with Gasteiger partial charge in [0.15, 0.2) is 0 Å². The second kappa shape index (κ2) is 6.21. The minimum atomic E-state index is -0.347. The Morgan fingerprint density at radius 2 is 2.12 bits per heavy atom. The Labute approximate surface area is 97.6 Å². The van der Waals surface area contributed by atoms with Crippen LogP contribution in [0.5, 0.6) is 0 Å². The molecular weight excluding hydrogens is 206 g/mol. The van der Waals surface area contributed by atoms with E-state index in [-0.39, 0.29) is 18.1 Å². The van der Waals surface area contributed by atoms with Gasteiger partial charge in [-0.2, -0.15) is 0 Å².